The SMILES string of the molecule is Cc1ccc(N(CC(=O)N(Cc2ccc(Cl)cc2Cl)C(C)C(=O)NC(C)C)S(C)(=O)=O)cc1C. The van der Waals surface area contributed by atoms with Gasteiger partial charge in [-0.15, -0.1) is 0 Å². The van der Waals surface area contributed by atoms with Crippen molar-refractivity contribution in [1.29, 1.82) is 0 Å². The van der Waals surface area contributed by atoms with Crippen LogP contribution < -0.4 is 9.62 Å². The van der Waals surface area contributed by atoms with Gasteiger partial charge in [-0.05, 0) is 75.6 Å². The van der Waals surface area contributed by atoms with Gasteiger partial charge in [0.25, 0.3) is 0 Å². The first kappa shape index (κ1) is 28.0. The summed E-state index contributed by atoms with van der Waals surface area (Å²) in [6, 6.07) is 9.05. The number of nitrogens with zero attached hydrogens (tertiary/aromatic N) is 2. The molecule has 34 heavy (non-hydrogen) atoms. The molecule has 2 amide bonds. The molecule has 0 aliphatic rings. The maximum Gasteiger partial charge on any atom is 0.244 e. The number of sulfonamides is 1. The Hall–Kier alpha value is -2.29. The summed E-state index contributed by atoms with van der Waals surface area (Å²) in [7, 11) is -3.79. The zero-order valence-corrected chi connectivity index (χ0v) is 22.6. The second-order valence-corrected chi connectivity index (χ2v) is 11.4. The van der Waals surface area contributed by atoms with E-state index in [4.69, 9.17) is 23.2 Å². The summed E-state index contributed by atoms with van der Waals surface area (Å²) >= 11 is 12.3. The van der Waals surface area contributed by atoms with Crippen LogP contribution in [0.3, 0.4) is 0 Å². The third kappa shape index (κ3) is 7.35. The first-order chi connectivity index (χ1) is 15.7. The van der Waals surface area contributed by atoms with Crippen LogP contribution in [0, 0.1) is 13.8 Å². The van der Waals surface area contributed by atoms with Crippen LogP contribution in [0.2, 0.25) is 10.0 Å². The molecular formula is C24H31Cl2N3O4S. The number of rotatable bonds is 9. The average molecular weight is 529 g/mol. The fraction of sp³-hybridized carbons (Fsp3) is 0.417. The normalized spacial score (nSPS) is 12.4. The molecule has 1 unspecified atom stereocenters. The summed E-state index contributed by atoms with van der Waals surface area (Å²) in [5.74, 6) is -0.897. The molecule has 0 radical (unpaired) electrons. The number of halogens is 2. The minimum absolute atomic E-state index is 0.00600. The van der Waals surface area contributed by atoms with Crippen molar-refractivity contribution >= 4 is 50.7 Å². The number of hydrogen-bond donors (Lipinski definition) is 1. The van der Waals surface area contributed by atoms with E-state index in [1.807, 2.05) is 27.7 Å². The average Bonchev–Trinajstić information content (AvgIpc) is 2.71. The number of aryl methyl sites for hydroxylation is 2. The number of hydrogen-bond acceptors (Lipinski definition) is 4. The van der Waals surface area contributed by atoms with Crippen molar-refractivity contribution in [3.8, 4) is 0 Å². The third-order valence-corrected chi connectivity index (χ3v) is 7.14. The number of carbonyl (C=O) groups is 2. The first-order valence-electron chi connectivity index (χ1n) is 10.8. The van der Waals surface area contributed by atoms with Crippen molar-refractivity contribution < 1.29 is 18.0 Å². The molecular weight excluding hydrogens is 497 g/mol. The predicted octanol–water partition coefficient (Wildman–Crippen LogP) is 4.32. The molecule has 0 spiro atoms. The third-order valence-electron chi connectivity index (χ3n) is 5.41. The predicted molar refractivity (Wildman–Crippen MR) is 138 cm³/mol. The zero-order valence-electron chi connectivity index (χ0n) is 20.2. The second kappa shape index (κ2) is 11.4. The topological polar surface area (TPSA) is 86.8 Å². The number of nitrogens with one attached hydrogen (secondary N) is 1. The zero-order chi connectivity index (χ0) is 25.8. The van der Waals surface area contributed by atoms with E-state index in [2.05, 4.69) is 5.32 Å². The van der Waals surface area contributed by atoms with Gasteiger partial charge in [0.05, 0.1) is 11.9 Å². The molecule has 0 heterocycles. The van der Waals surface area contributed by atoms with Crippen LogP contribution in [0.4, 0.5) is 5.69 Å². The summed E-state index contributed by atoms with van der Waals surface area (Å²) in [4.78, 5) is 27.6. The molecule has 2 rings (SSSR count). The van der Waals surface area contributed by atoms with Crippen molar-refractivity contribution in [2.45, 2.75) is 53.2 Å². The van der Waals surface area contributed by atoms with E-state index in [1.165, 1.54) is 4.90 Å². The van der Waals surface area contributed by atoms with Crippen molar-refractivity contribution in [2.24, 2.45) is 0 Å². The molecule has 1 atom stereocenters. The lowest BCUT2D eigenvalue weighted by atomic mass is 10.1. The van der Waals surface area contributed by atoms with Gasteiger partial charge in [0.2, 0.25) is 21.8 Å². The lowest BCUT2D eigenvalue weighted by Gasteiger charge is -2.32. The molecule has 0 saturated carbocycles. The van der Waals surface area contributed by atoms with Crippen LogP contribution in [0.1, 0.15) is 37.5 Å². The molecule has 0 saturated heterocycles. The van der Waals surface area contributed by atoms with Crippen molar-refractivity contribution in [3.63, 3.8) is 0 Å². The number of benzene rings is 2. The molecule has 0 bridgehead atoms. The Kier molecular flexibility index (Phi) is 9.39. The molecule has 1 N–H and O–H groups in total. The molecule has 2 aromatic carbocycles. The Morgan fingerprint density at radius 2 is 1.65 bits per heavy atom. The fourth-order valence-electron chi connectivity index (χ4n) is 3.32. The van der Waals surface area contributed by atoms with E-state index in [-0.39, 0.29) is 18.5 Å². The van der Waals surface area contributed by atoms with Gasteiger partial charge in [0.15, 0.2) is 0 Å². The summed E-state index contributed by atoms with van der Waals surface area (Å²) in [6.45, 7) is 8.56. The van der Waals surface area contributed by atoms with Gasteiger partial charge >= 0.3 is 0 Å². The highest BCUT2D eigenvalue weighted by Gasteiger charge is 2.30. The summed E-state index contributed by atoms with van der Waals surface area (Å²) < 4.78 is 26.3. The standard InChI is InChI=1S/C24H31Cl2N3O4S/c1-15(2)27-24(31)18(5)28(13-19-8-9-20(25)12-22(19)26)23(30)14-29(34(6,32)33)21-10-7-16(3)17(4)11-21/h7-12,15,18H,13-14H2,1-6H3,(H,27,31). The summed E-state index contributed by atoms with van der Waals surface area (Å²) in [6.07, 6.45) is 1.05. The largest absolute Gasteiger partial charge is 0.352 e. The first-order valence-corrected chi connectivity index (χ1v) is 13.4. The maximum atomic E-state index is 13.5. The summed E-state index contributed by atoms with van der Waals surface area (Å²) in [5.41, 5.74) is 2.86. The lowest BCUT2D eigenvalue weighted by molar-refractivity contribution is -0.139. The maximum absolute atomic E-state index is 13.5. The Morgan fingerprint density at radius 1 is 1.00 bits per heavy atom. The van der Waals surface area contributed by atoms with Gasteiger partial charge in [0, 0.05) is 22.6 Å². The molecule has 186 valence electrons. The molecule has 7 nitrogen and oxygen atoms in total. The molecule has 0 aliphatic heterocycles. The van der Waals surface area contributed by atoms with Crippen molar-refractivity contribution in [2.75, 3.05) is 17.1 Å². The Bertz CT molecular complexity index is 1170. The van der Waals surface area contributed by atoms with Gasteiger partial charge < -0.3 is 10.2 Å². The Morgan fingerprint density at radius 3 is 2.18 bits per heavy atom. The van der Waals surface area contributed by atoms with Gasteiger partial charge in [-0.2, -0.15) is 0 Å². The lowest BCUT2D eigenvalue weighted by Crippen LogP contribution is -2.52. The Labute approximate surface area is 212 Å². The molecule has 0 fully saturated rings. The number of carbonyl (C=O) groups excluding carboxylic acids is 2. The van der Waals surface area contributed by atoms with E-state index in [0.29, 0.717) is 21.3 Å². The van der Waals surface area contributed by atoms with Crippen LogP contribution in [0.5, 0.6) is 0 Å². The van der Waals surface area contributed by atoms with Crippen LogP contribution in [0.15, 0.2) is 36.4 Å². The molecule has 10 heteroatoms. The van der Waals surface area contributed by atoms with Crippen LogP contribution in [-0.2, 0) is 26.2 Å². The van der Waals surface area contributed by atoms with Crippen LogP contribution in [0.25, 0.3) is 0 Å². The van der Waals surface area contributed by atoms with Crippen molar-refractivity contribution in [3.05, 3.63) is 63.1 Å². The van der Waals surface area contributed by atoms with E-state index >= 15 is 0 Å². The highest BCUT2D eigenvalue weighted by molar-refractivity contribution is 7.92. The quantitative estimate of drug-likeness (QED) is 0.526. The van der Waals surface area contributed by atoms with E-state index < -0.39 is 28.5 Å². The van der Waals surface area contributed by atoms with Gasteiger partial charge in [-0.3, -0.25) is 13.9 Å². The van der Waals surface area contributed by atoms with Crippen LogP contribution in [-0.4, -0.2) is 50.0 Å². The smallest absolute Gasteiger partial charge is 0.244 e. The van der Waals surface area contributed by atoms with E-state index in [9.17, 15) is 18.0 Å². The van der Waals surface area contributed by atoms with Crippen molar-refractivity contribution in [1.82, 2.24) is 10.2 Å². The molecule has 2 aromatic rings. The fourth-order valence-corrected chi connectivity index (χ4v) is 4.63. The van der Waals surface area contributed by atoms with Gasteiger partial charge in [0.1, 0.15) is 12.6 Å². The highest BCUT2D eigenvalue weighted by Crippen LogP contribution is 2.25. The molecule has 0 aliphatic carbocycles. The van der Waals surface area contributed by atoms with Gasteiger partial charge in [-0.1, -0.05) is 35.3 Å². The number of amides is 2. The minimum atomic E-state index is -3.79. The van der Waals surface area contributed by atoms with E-state index in [0.717, 1.165) is 21.7 Å². The number of anilines is 1. The minimum Gasteiger partial charge on any atom is -0.352 e. The van der Waals surface area contributed by atoms with Crippen LogP contribution >= 0.6 is 23.2 Å². The molecule has 0 aromatic heterocycles. The van der Waals surface area contributed by atoms with E-state index in [1.54, 1.807) is 43.3 Å². The Balaban J connectivity index is 2.44. The monoisotopic (exact) mass is 527 g/mol. The summed E-state index contributed by atoms with van der Waals surface area (Å²) in [5, 5.41) is 3.58. The highest BCUT2D eigenvalue weighted by atomic mass is 35.5. The van der Waals surface area contributed by atoms with Gasteiger partial charge in [-0.25, -0.2) is 8.42 Å². The second-order valence-electron chi connectivity index (χ2n) is 8.63.